The summed E-state index contributed by atoms with van der Waals surface area (Å²) in [5, 5.41) is 28.0. The van der Waals surface area contributed by atoms with Crippen LogP contribution in [0, 0.1) is 10.1 Å². The van der Waals surface area contributed by atoms with Gasteiger partial charge in [0.2, 0.25) is 0 Å². The van der Waals surface area contributed by atoms with Crippen molar-refractivity contribution >= 4 is 63.5 Å². The highest BCUT2D eigenvalue weighted by atomic mass is 32.2. The largest absolute Gasteiger partial charge is 0.477 e. The van der Waals surface area contributed by atoms with Gasteiger partial charge in [-0.05, 0) is 23.3 Å². The minimum Gasteiger partial charge on any atom is -0.477 e. The van der Waals surface area contributed by atoms with Crippen molar-refractivity contribution in [3.8, 4) is 0 Å². The lowest BCUT2D eigenvalue weighted by molar-refractivity contribution is -0.384. The van der Waals surface area contributed by atoms with Gasteiger partial charge in [-0.1, -0.05) is 17.3 Å². The van der Waals surface area contributed by atoms with Crippen LogP contribution in [-0.2, 0) is 19.2 Å². The highest BCUT2D eigenvalue weighted by molar-refractivity contribution is 8.00. The van der Waals surface area contributed by atoms with Gasteiger partial charge in [0.1, 0.15) is 29.9 Å². The normalized spacial score (nSPS) is 19.6. The molecular weight excluding hydrogens is 512 g/mol. The highest BCUT2D eigenvalue weighted by Gasteiger charge is 2.54. The molecule has 0 radical (unpaired) electrons. The number of fused-ring (bicyclic) bond motifs is 1. The van der Waals surface area contributed by atoms with Crippen LogP contribution in [0.4, 0.5) is 10.8 Å². The van der Waals surface area contributed by atoms with Crippen LogP contribution < -0.4 is 11.1 Å². The number of thiazole rings is 1. The Morgan fingerprint density at radius 2 is 2.08 bits per heavy atom. The van der Waals surface area contributed by atoms with Gasteiger partial charge < -0.3 is 21.0 Å². The number of nitrogens with zero attached hydrogens (tertiary/aromatic N) is 4. The van der Waals surface area contributed by atoms with E-state index >= 15 is 0 Å². The van der Waals surface area contributed by atoms with Gasteiger partial charge in [-0.3, -0.25) is 24.6 Å². The summed E-state index contributed by atoms with van der Waals surface area (Å²) in [5.74, 6) is -2.34. The molecule has 2 aromatic rings. The second-order valence-corrected chi connectivity index (χ2v) is 9.41. The lowest BCUT2D eigenvalue weighted by atomic mass is 10.0. The molecule has 15 heteroatoms. The third-order valence-electron chi connectivity index (χ3n) is 5.23. The molecule has 36 heavy (non-hydrogen) atoms. The number of carboxylic acid groups (broad SMARTS) is 1. The summed E-state index contributed by atoms with van der Waals surface area (Å²) in [7, 11) is 1.26. The van der Waals surface area contributed by atoms with E-state index in [0.717, 1.165) is 16.2 Å². The van der Waals surface area contributed by atoms with Crippen molar-refractivity contribution in [2.24, 2.45) is 5.16 Å². The van der Waals surface area contributed by atoms with Crippen molar-refractivity contribution in [2.45, 2.75) is 11.4 Å². The number of hydrogen-bond acceptors (Lipinski definition) is 11. The zero-order valence-electron chi connectivity index (χ0n) is 18.5. The van der Waals surface area contributed by atoms with E-state index in [0.29, 0.717) is 11.1 Å². The molecule has 0 spiro atoms. The van der Waals surface area contributed by atoms with Crippen molar-refractivity contribution in [3.63, 3.8) is 0 Å². The number of hydrogen-bond donors (Lipinski definition) is 3. The summed E-state index contributed by atoms with van der Waals surface area (Å²) >= 11 is 2.39. The predicted octanol–water partition coefficient (Wildman–Crippen LogP) is 1.44. The van der Waals surface area contributed by atoms with Crippen molar-refractivity contribution in [3.05, 3.63) is 68.4 Å². The molecule has 0 bridgehead atoms. The quantitative estimate of drug-likeness (QED) is 0.195. The number of carbonyl (C=O) groups excluding carboxylic acids is 2. The number of thioether (sulfide) groups is 1. The molecule has 2 aliphatic heterocycles. The molecule has 2 amide bonds. The fourth-order valence-electron chi connectivity index (χ4n) is 3.58. The Labute approximate surface area is 211 Å². The number of anilines is 1. The molecule has 1 aromatic carbocycles. The molecule has 186 valence electrons. The van der Waals surface area contributed by atoms with E-state index in [9.17, 15) is 29.6 Å². The number of allylic oxidation sites excluding steroid dienone is 1. The average molecular weight is 531 g/mol. The maximum atomic E-state index is 12.9. The number of oxime groups is 1. The number of β-lactam (4-membered cyclic amide) rings is 1. The maximum Gasteiger partial charge on any atom is 0.352 e. The van der Waals surface area contributed by atoms with E-state index in [4.69, 9.17) is 10.6 Å². The number of non-ortho nitro benzene ring substituents is 1. The van der Waals surface area contributed by atoms with Gasteiger partial charge in [-0.25, -0.2) is 9.78 Å². The zero-order chi connectivity index (χ0) is 26.0. The average Bonchev–Trinajstić information content (AvgIpc) is 3.29. The van der Waals surface area contributed by atoms with Crippen LogP contribution in [0.1, 0.15) is 11.3 Å². The molecule has 2 aliphatic rings. The fraction of sp³-hybridized carbons (Fsp3) is 0.190. The first kappa shape index (κ1) is 24.9. The van der Waals surface area contributed by atoms with Crippen LogP contribution in [0.2, 0.25) is 0 Å². The van der Waals surface area contributed by atoms with E-state index in [1.165, 1.54) is 48.5 Å². The highest BCUT2D eigenvalue weighted by Crippen LogP contribution is 2.40. The maximum absolute atomic E-state index is 12.9. The van der Waals surface area contributed by atoms with Gasteiger partial charge in [0.05, 0.1) is 4.92 Å². The first-order valence-electron chi connectivity index (χ1n) is 10.2. The number of nitrogen functional groups attached to an aromatic ring is 1. The van der Waals surface area contributed by atoms with Gasteiger partial charge in [0, 0.05) is 23.3 Å². The first-order chi connectivity index (χ1) is 17.2. The number of nitro benzene ring substituents is 1. The lowest BCUT2D eigenvalue weighted by Gasteiger charge is -2.49. The Bertz CT molecular complexity index is 1330. The molecule has 1 saturated heterocycles. The van der Waals surface area contributed by atoms with Crippen molar-refractivity contribution in [2.75, 3.05) is 18.6 Å². The summed E-state index contributed by atoms with van der Waals surface area (Å²) in [5.41, 5.74) is 6.39. The number of nitrogens with two attached hydrogens (primary N) is 1. The van der Waals surface area contributed by atoms with Crippen LogP contribution in [0.3, 0.4) is 0 Å². The van der Waals surface area contributed by atoms with E-state index in [1.54, 1.807) is 12.2 Å². The lowest BCUT2D eigenvalue weighted by Crippen LogP contribution is -2.71. The summed E-state index contributed by atoms with van der Waals surface area (Å²) in [6.07, 6.45) is 3.17. The Morgan fingerprint density at radius 1 is 1.36 bits per heavy atom. The number of carbonyl (C=O) groups is 3. The number of aliphatic carboxylic acids is 1. The molecule has 0 saturated carbocycles. The Balaban J connectivity index is 1.52. The molecule has 2 atom stereocenters. The molecule has 13 nitrogen and oxygen atoms in total. The van der Waals surface area contributed by atoms with E-state index in [-0.39, 0.29) is 33.7 Å². The number of carboxylic acids is 1. The molecular formula is C21H18N6O7S2. The summed E-state index contributed by atoms with van der Waals surface area (Å²) < 4.78 is 0. The molecule has 4 rings (SSSR count). The van der Waals surface area contributed by atoms with E-state index < -0.39 is 34.1 Å². The first-order valence-corrected chi connectivity index (χ1v) is 12.1. The Kier molecular flexibility index (Phi) is 7.03. The monoisotopic (exact) mass is 530 g/mol. The topological polar surface area (TPSA) is 190 Å². The van der Waals surface area contributed by atoms with Gasteiger partial charge in [-0.15, -0.1) is 23.1 Å². The van der Waals surface area contributed by atoms with Crippen LogP contribution >= 0.6 is 23.1 Å². The van der Waals surface area contributed by atoms with Crippen molar-refractivity contribution in [1.29, 1.82) is 0 Å². The summed E-state index contributed by atoms with van der Waals surface area (Å²) in [6.45, 7) is 0. The number of benzene rings is 1. The van der Waals surface area contributed by atoms with E-state index in [2.05, 4.69) is 15.5 Å². The van der Waals surface area contributed by atoms with Crippen LogP contribution in [-0.4, -0.2) is 67.7 Å². The number of rotatable bonds is 8. The van der Waals surface area contributed by atoms with Gasteiger partial charge >= 0.3 is 5.97 Å². The molecule has 0 aliphatic carbocycles. The Morgan fingerprint density at radius 3 is 2.67 bits per heavy atom. The zero-order valence-corrected chi connectivity index (χ0v) is 20.1. The van der Waals surface area contributed by atoms with Crippen molar-refractivity contribution in [1.82, 2.24) is 15.2 Å². The standard InChI is InChI=1S/C21H18N6O7S2/c1-34-25-14(13-9-36-21(22)23-13)17(28)24-15-18(29)26-16(20(30)31)11(8-35-19(15)26)5-2-10-3-6-12(7-4-10)27(32)33/h2-7,9,15,19H,8H2,1H3,(H2,22,23)(H,24,28)(H,30,31)/t15?,19-/m1/s1. The number of nitrogens with one attached hydrogen (secondary N) is 1. The van der Waals surface area contributed by atoms with Crippen LogP contribution in [0.5, 0.6) is 0 Å². The molecule has 1 fully saturated rings. The third kappa shape index (κ3) is 4.78. The van der Waals surface area contributed by atoms with Crippen LogP contribution in [0.15, 0.2) is 52.1 Å². The van der Waals surface area contributed by atoms with Gasteiger partial charge in [0.15, 0.2) is 10.8 Å². The number of aromatic nitrogens is 1. The molecule has 3 heterocycles. The molecule has 1 aromatic heterocycles. The predicted molar refractivity (Wildman–Crippen MR) is 132 cm³/mol. The fourth-order valence-corrected chi connectivity index (χ4v) is 5.44. The minimum atomic E-state index is -1.29. The smallest absolute Gasteiger partial charge is 0.352 e. The summed E-state index contributed by atoms with van der Waals surface area (Å²) in [4.78, 5) is 57.9. The number of nitro groups is 1. The summed E-state index contributed by atoms with van der Waals surface area (Å²) in [6, 6.07) is 4.76. The van der Waals surface area contributed by atoms with Gasteiger partial charge in [-0.2, -0.15) is 0 Å². The third-order valence-corrected chi connectivity index (χ3v) is 7.21. The second-order valence-electron chi connectivity index (χ2n) is 7.42. The minimum absolute atomic E-state index is 0.0649. The molecule has 1 unspecified atom stereocenters. The number of amides is 2. The SMILES string of the molecule is CON=C(C(=O)NC1C(=O)N2C(C(=O)O)=C(C=Cc3ccc([N+](=O)[O-])cc3)CS[C@H]12)c1csc(N)n1. The van der Waals surface area contributed by atoms with Crippen LogP contribution in [0.25, 0.3) is 6.08 Å². The van der Waals surface area contributed by atoms with E-state index in [1.807, 2.05) is 0 Å². The molecule has 4 N–H and O–H groups in total. The second kappa shape index (κ2) is 10.2. The Hall–Kier alpha value is -4.24. The van der Waals surface area contributed by atoms with Gasteiger partial charge in [0.25, 0.3) is 17.5 Å². The van der Waals surface area contributed by atoms with Crippen molar-refractivity contribution < 1.29 is 29.3 Å².